The number of aromatic nitrogens is 6. The summed E-state index contributed by atoms with van der Waals surface area (Å²) in [5.74, 6) is 0.661. The highest BCUT2D eigenvalue weighted by Gasteiger charge is 2.37. The fraction of sp³-hybridized carbons (Fsp3) is 0.463. The van der Waals surface area contributed by atoms with E-state index in [1.807, 2.05) is 13.1 Å². The fourth-order valence-corrected chi connectivity index (χ4v) is 9.44. The van der Waals surface area contributed by atoms with Gasteiger partial charge in [0.1, 0.15) is 12.1 Å². The summed E-state index contributed by atoms with van der Waals surface area (Å²) in [7, 11) is 1.87. The van der Waals surface area contributed by atoms with Crippen molar-refractivity contribution in [2.24, 2.45) is 7.05 Å². The second kappa shape index (κ2) is 17.3. The van der Waals surface area contributed by atoms with Gasteiger partial charge < -0.3 is 10.2 Å². The molecule has 6 heterocycles. The van der Waals surface area contributed by atoms with Gasteiger partial charge >= 0.3 is 18.4 Å². The zero-order valence-electron chi connectivity index (χ0n) is 33.5. The summed E-state index contributed by atoms with van der Waals surface area (Å²) in [5.41, 5.74) is 1.58. The second-order valence-corrected chi connectivity index (χ2v) is 17.1. The molecule has 1 unspecified atom stereocenters. The van der Waals surface area contributed by atoms with E-state index < -0.39 is 36.2 Å². The van der Waals surface area contributed by atoms with Gasteiger partial charge in [0.25, 0.3) is 0 Å². The standard InChI is InChI=1S/C41H45F6N11O2S/c1-25(55-13-8-27(9-14-55)28-6-7-32-34(20-28)54(2)53-37(32)58-17-12-35(59)51-39(58)60)18-26-4-3-5-31(19-26)61-57-15-10-30(11-16-57)50-38-48-22-33(41(45,46)47)36(52-38)29-21-49-56(23-29)24-40(42,43)44/h3-7,19-23,25,27,30H,8-18,24H2,1-2H3,(H,48,50,52)(H,51,59,60). The van der Waals surface area contributed by atoms with Crippen molar-refractivity contribution in [1.29, 1.82) is 0 Å². The number of benzene rings is 2. The van der Waals surface area contributed by atoms with Gasteiger partial charge in [-0.3, -0.25) is 24.4 Å². The van der Waals surface area contributed by atoms with E-state index in [2.05, 4.69) is 83.3 Å². The van der Waals surface area contributed by atoms with Gasteiger partial charge in [0.2, 0.25) is 11.9 Å². The van der Waals surface area contributed by atoms with Crippen LogP contribution < -0.4 is 15.5 Å². The van der Waals surface area contributed by atoms with Gasteiger partial charge in [-0.1, -0.05) is 18.2 Å². The van der Waals surface area contributed by atoms with Crippen molar-refractivity contribution in [3.8, 4) is 11.3 Å². The van der Waals surface area contributed by atoms with Crippen LogP contribution in [0.5, 0.6) is 0 Å². The Labute approximate surface area is 352 Å². The van der Waals surface area contributed by atoms with Crippen molar-refractivity contribution in [3.63, 3.8) is 0 Å². The molecule has 3 amide bonds. The highest BCUT2D eigenvalue weighted by Crippen LogP contribution is 2.38. The molecule has 3 aliphatic rings. The number of carbonyl (C=O) groups excluding carboxylic acids is 2. The minimum absolute atomic E-state index is 0.0319. The van der Waals surface area contributed by atoms with E-state index in [9.17, 15) is 35.9 Å². The van der Waals surface area contributed by atoms with E-state index in [0.717, 1.165) is 60.5 Å². The monoisotopic (exact) mass is 869 g/mol. The molecule has 0 saturated carbocycles. The minimum Gasteiger partial charge on any atom is -0.351 e. The van der Waals surface area contributed by atoms with Gasteiger partial charge in [-0.05, 0) is 105 Å². The van der Waals surface area contributed by atoms with E-state index in [-0.39, 0.29) is 29.9 Å². The van der Waals surface area contributed by atoms with Gasteiger partial charge in [-0.25, -0.2) is 19.1 Å². The first-order chi connectivity index (χ1) is 29.1. The van der Waals surface area contributed by atoms with Crippen molar-refractivity contribution in [3.05, 3.63) is 77.7 Å². The molecule has 3 saturated heterocycles. The number of imide groups is 1. The summed E-state index contributed by atoms with van der Waals surface area (Å²) < 4.78 is 84.7. The van der Waals surface area contributed by atoms with Crippen LogP contribution in [0.1, 0.15) is 61.6 Å². The molecule has 3 fully saturated rings. The van der Waals surface area contributed by atoms with Crippen molar-refractivity contribution >= 4 is 46.6 Å². The lowest BCUT2D eigenvalue weighted by Crippen LogP contribution is -2.49. The summed E-state index contributed by atoms with van der Waals surface area (Å²) in [6.07, 6.45) is -2.34. The maximum atomic E-state index is 13.8. The molecule has 13 nitrogen and oxygen atoms in total. The maximum Gasteiger partial charge on any atom is 0.419 e. The van der Waals surface area contributed by atoms with Crippen molar-refractivity contribution < 1.29 is 35.9 Å². The molecule has 3 aromatic heterocycles. The van der Waals surface area contributed by atoms with Crippen LogP contribution in [0.4, 0.5) is 42.9 Å². The molecule has 3 aliphatic heterocycles. The SMILES string of the molecule is CC(Cc1cccc(SN2CCC(Nc3ncc(C(F)(F)F)c(-c4cnn(CC(F)(F)F)c4)n3)CC2)c1)N1CCC(c2ccc3c(N4CCC(=O)NC4=O)nn(C)c3c2)CC1. The lowest BCUT2D eigenvalue weighted by molar-refractivity contribution is -0.142. The Kier molecular flexibility index (Phi) is 12.0. The van der Waals surface area contributed by atoms with Crippen LogP contribution >= 0.6 is 11.9 Å². The van der Waals surface area contributed by atoms with Crippen LogP contribution in [0.25, 0.3) is 22.2 Å². The summed E-state index contributed by atoms with van der Waals surface area (Å²) in [5, 5.41) is 14.6. The lowest BCUT2D eigenvalue weighted by Gasteiger charge is -2.36. The van der Waals surface area contributed by atoms with E-state index >= 15 is 0 Å². The van der Waals surface area contributed by atoms with Gasteiger partial charge in [0.15, 0.2) is 5.82 Å². The number of fused-ring (bicyclic) bond motifs is 1. The molecule has 8 rings (SSSR count). The average Bonchev–Trinajstić information content (AvgIpc) is 3.81. The maximum absolute atomic E-state index is 13.8. The van der Waals surface area contributed by atoms with Crippen LogP contribution in [0, 0.1) is 0 Å². The van der Waals surface area contributed by atoms with Crippen molar-refractivity contribution in [2.75, 3.05) is 42.9 Å². The van der Waals surface area contributed by atoms with Crippen LogP contribution in [0.3, 0.4) is 0 Å². The first-order valence-corrected chi connectivity index (χ1v) is 21.0. The third kappa shape index (κ3) is 9.96. The fourth-order valence-electron chi connectivity index (χ4n) is 8.41. The molecular weight excluding hydrogens is 825 g/mol. The smallest absolute Gasteiger partial charge is 0.351 e. The van der Waals surface area contributed by atoms with E-state index in [4.69, 9.17) is 0 Å². The number of hydrogen-bond donors (Lipinski definition) is 2. The normalized spacial score (nSPS) is 18.5. The first kappa shape index (κ1) is 42.5. The number of anilines is 2. The van der Waals surface area contributed by atoms with Crippen LogP contribution in [0.2, 0.25) is 0 Å². The molecule has 0 aliphatic carbocycles. The quantitative estimate of drug-likeness (QED) is 0.101. The number of piperidine rings is 2. The Balaban J connectivity index is 0.820. The third-order valence-electron chi connectivity index (χ3n) is 11.6. The number of rotatable bonds is 11. The molecule has 324 valence electrons. The Bertz CT molecular complexity index is 2390. The number of urea groups is 1. The molecule has 0 bridgehead atoms. The van der Waals surface area contributed by atoms with E-state index in [0.29, 0.717) is 61.1 Å². The average molecular weight is 870 g/mol. The molecule has 5 aromatic rings. The highest BCUT2D eigenvalue weighted by molar-refractivity contribution is 7.97. The Morgan fingerprint density at radius 1 is 0.951 bits per heavy atom. The Hall–Kier alpha value is -5.21. The predicted octanol–water partition coefficient (Wildman–Crippen LogP) is 7.65. The molecule has 61 heavy (non-hydrogen) atoms. The van der Waals surface area contributed by atoms with Gasteiger partial charge in [-0.15, -0.1) is 0 Å². The first-order valence-electron chi connectivity index (χ1n) is 20.2. The molecule has 1 atom stereocenters. The number of halogens is 6. The molecular formula is C41H45F6N11O2S. The predicted molar refractivity (Wildman–Crippen MR) is 218 cm³/mol. The molecule has 2 aromatic carbocycles. The molecule has 20 heteroatoms. The minimum atomic E-state index is -4.82. The van der Waals surface area contributed by atoms with Gasteiger partial charge in [0, 0.05) is 73.4 Å². The van der Waals surface area contributed by atoms with Gasteiger partial charge in [0.05, 0.1) is 17.4 Å². The van der Waals surface area contributed by atoms with Gasteiger partial charge in [-0.2, -0.15) is 36.5 Å². The Morgan fingerprint density at radius 2 is 1.72 bits per heavy atom. The number of likely N-dealkylation sites (tertiary alicyclic amines) is 1. The number of hydrogen-bond acceptors (Lipinski definition) is 10. The molecule has 0 radical (unpaired) electrons. The molecule has 2 N–H and O–H groups in total. The number of aryl methyl sites for hydroxylation is 1. The summed E-state index contributed by atoms with van der Waals surface area (Å²) in [6, 6.07) is 14.7. The summed E-state index contributed by atoms with van der Waals surface area (Å²) >= 11 is 1.67. The number of nitrogens with zero attached hydrogens (tertiary/aromatic N) is 9. The molecule has 0 spiro atoms. The number of carbonyl (C=O) groups is 2. The zero-order chi connectivity index (χ0) is 43.1. The third-order valence-corrected chi connectivity index (χ3v) is 12.7. The number of nitrogens with one attached hydrogen (secondary N) is 2. The van der Waals surface area contributed by atoms with Crippen LogP contribution in [0.15, 0.2) is 66.0 Å². The van der Waals surface area contributed by atoms with Crippen LogP contribution in [-0.4, -0.2) is 102 Å². The summed E-state index contributed by atoms with van der Waals surface area (Å²) in [6.45, 7) is 4.52. The van der Waals surface area contributed by atoms with E-state index in [1.54, 1.807) is 16.6 Å². The zero-order valence-corrected chi connectivity index (χ0v) is 34.3. The Morgan fingerprint density at radius 3 is 2.44 bits per heavy atom. The number of alkyl halides is 6. The lowest BCUT2D eigenvalue weighted by atomic mass is 9.88. The second-order valence-electron chi connectivity index (χ2n) is 15.9. The number of amides is 3. The topological polar surface area (TPSA) is 129 Å². The van der Waals surface area contributed by atoms with Crippen molar-refractivity contribution in [2.45, 2.75) is 87.2 Å². The van der Waals surface area contributed by atoms with Crippen LogP contribution in [-0.2, 0) is 31.0 Å². The largest absolute Gasteiger partial charge is 0.419 e. The van der Waals surface area contributed by atoms with E-state index in [1.165, 1.54) is 16.0 Å². The van der Waals surface area contributed by atoms with Crippen molar-refractivity contribution in [1.82, 2.24) is 44.1 Å². The summed E-state index contributed by atoms with van der Waals surface area (Å²) in [4.78, 5) is 37.4. The highest BCUT2D eigenvalue weighted by atomic mass is 32.2.